The quantitative estimate of drug-likeness (QED) is 0.422. The molecule has 1 unspecified atom stereocenters. The Balaban J connectivity index is 1.79. The zero-order valence-electron chi connectivity index (χ0n) is 17.5. The molecule has 0 radical (unpaired) electrons. The lowest BCUT2D eigenvalue weighted by Crippen LogP contribution is -2.45. The molecule has 30 heavy (non-hydrogen) atoms. The van der Waals surface area contributed by atoms with E-state index in [0.29, 0.717) is 16.8 Å². The van der Waals surface area contributed by atoms with E-state index in [9.17, 15) is 0 Å². The van der Waals surface area contributed by atoms with Gasteiger partial charge in [-0.05, 0) is 56.9 Å². The van der Waals surface area contributed by atoms with Gasteiger partial charge in [-0.1, -0.05) is 47.1 Å². The number of aryl methyl sites for hydroxylation is 1. The average molecular weight is 437 g/mol. The molecule has 1 aliphatic heterocycles. The molecule has 1 aliphatic rings. The Morgan fingerprint density at radius 1 is 1.10 bits per heavy atom. The van der Waals surface area contributed by atoms with E-state index >= 15 is 0 Å². The number of allylic oxidation sites excluding steroid dienone is 1. The molecule has 1 atom stereocenters. The highest BCUT2D eigenvalue weighted by Gasteiger charge is 2.33. The summed E-state index contributed by atoms with van der Waals surface area (Å²) in [5.41, 5.74) is 5.21. The minimum atomic E-state index is -0.150. The third-order valence-corrected chi connectivity index (χ3v) is 6.41. The van der Waals surface area contributed by atoms with Gasteiger partial charge in [0.1, 0.15) is 0 Å². The minimum Gasteiger partial charge on any atom is -0.351 e. The lowest BCUT2D eigenvalue weighted by molar-refractivity contribution is 0.398. The summed E-state index contributed by atoms with van der Waals surface area (Å²) in [6.07, 6.45) is 2.07. The van der Waals surface area contributed by atoms with E-state index < -0.39 is 0 Å². The topological polar surface area (TPSA) is 54.2 Å². The van der Waals surface area contributed by atoms with E-state index in [2.05, 4.69) is 66.7 Å². The first kappa shape index (κ1) is 20.6. The molecule has 4 rings (SSSR count). The van der Waals surface area contributed by atoms with Crippen LogP contribution < -0.4 is 5.32 Å². The Bertz CT molecular complexity index is 1090. The van der Waals surface area contributed by atoms with Crippen molar-refractivity contribution < 1.29 is 4.52 Å². The van der Waals surface area contributed by atoms with Crippen LogP contribution in [-0.2, 0) is 0 Å². The van der Waals surface area contributed by atoms with Gasteiger partial charge in [-0.2, -0.15) is 4.98 Å². The molecule has 7 heteroatoms. The third kappa shape index (κ3) is 3.87. The van der Waals surface area contributed by atoms with Gasteiger partial charge in [0.15, 0.2) is 5.11 Å². The maximum absolute atomic E-state index is 5.75. The summed E-state index contributed by atoms with van der Waals surface area (Å²) in [4.78, 5) is 8.02. The molecular formula is C23H24N4OS2. The molecule has 0 saturated carbocycles. The predicted octanol–water partition coefficient (Wildman–Crippen LogP) is 5.45. The maximum atomic E-state index is 5.75. The second kappa shape index (κ2) is 8.62. The Morgan fingerprint density at radius 2 is 1.80 bits per heavy atom. The van der Waals surface area contributed by atoms with Crippen LogP contribution in [0.3, 0.4) is 0 Å². The van der Waals surface area contributed by atoms with Crippen LogP contribution in [0.2, 0.25) is 0 Å². The summed E-state index contributed by atoms with van der Waals surface area (Å²) >= 11 is 7.36. The third-order valence-electron chi connectivity index (χ3n) is 5.33. The average Bonchev–Trinajstić information content (AvgIpc) is 3.24. The van der Waals surface area contributed by atoms with E-state index in [4.69, 9.17) is 21.7 Å². The van der Waals surface area contributed by atoms with Gasteiger partial charge in [-0.15, -0.1) is 11.8 Å². The monoisotopic (exact) mass is 436 g/mol. The van der Waals surface area contributed by atoms with Crippen molar-refractivity contribution >= 4 is 34.7 Å². The van der Waals surface area contributed by atoms with Crippen molar-refractivity contribution in [2.24, 2.45) is 0 Å². The summed E-state index contributed by atoms with van der Waals surface area (Å²) in [5, 5.41) is 8.42. The van der Waals surface area contributed by atoms with Crippen molar-refractivity contribution in [1.82, 2.24) is 20.4 Å². The van der Waals surface area contributed by atoms with E-state index in [0.717, 1.165) is 28.9 Å². The molecule has 1 aromatic heterocycles. The molecule has 154 valence electrons. The van der Waals surface area contributed by atoms with E-state index in [1.807, 2.05) is 24.3 Å². The van der Waals surface area contributed by atoms with Gasteiger partial charge < -0.3 is 14.7 Å². The lowest BCUT2D eigenvalue weighted by Gasteiger charge is -2.36. The van der Waals surface area contributed by atoms with Gasteiger partial charge in [0.2, 0.25) is 5.82 Å². The smallest absolute Gasteiger partial charge is 0.258 e. The molecule has 2 heterocycles. The van der Waals surface area contributed by atoms with Gasteiger partial charge in [-0.25, -0.2) is 0 Å². The molecule has 0 fully saturated rings. The molecule has 0 spiro atoms. The first-order valence-corrected chi connectivity index (χ1v) is 11.5. The second-order valence-electron chi connectivity index (χ2n) is 7.19. The zero-order chi connectivity index (χ0) is 21.3. The van der Waals surface area contributed by atoms with Crippen LogP contribution in [0.1, 0.15) is 36.9 Å². The minimum absolute atomic E-state index is 0.150. The fraction of sp³-hybridized carbons (Fsp3) is 0.261. The van der Waals surface area contributed by atoms with E-state index in [1.54, 1.807) is 11.8 Å². The molecule has 3 aromatic rings. The van der Waals surface area contributed by atoms with Gasteiger partial charge in [0, 0.05) is 22.7 Å². The predicted molar refractivity (Wildman–Crippen MR) is 126 cm³/mol. The van der Waals surface area contributed by atoms with Crippen molar-refractivity contribution in [2.75, 3.05) is 12.8 Å². The Hall–Kier alpha value is -2.64. The Kier molecular flexibility index (Phi) is 5.92. The standard InChI is InChI=1S/C23H24N4OS2/c1-5-27-15(3)19(20(24-23(27)29)16-10-12-18(30-4)13-11-16)22-25-21(26-28-22)17-8-6-14(2)7-9-17/h6-13,20H,5H2,1-4H3,(H,24,29). The van der Waals surface area contributed by atoms with Crippen molar-refractivity contribution in [2.45, 2.75) is 31.7 Å². The van der Waals surface area contributed by atoms with Crippen LogP contribution in [0.5, 0.6) is 0 Å². The van der Waals surface area contributed by atoms with E-state index in [-0.39, 0.29) is 6.04 Å². The summed E-state index contributed by atoms with van der Waals surface area (Å²) < 4.78 is 5.75. The molecule has 0 saturated heterocycles. The van der Waals surface area contributed by atoms with Crippen LogP contribution in [0.4, 0.5) is 0 Å². The molecular weight excluding hydrogens is 412 g/mol. The number of aromatic nitrogens is 2. The fourth-order valence-electron chi connectivity index (χ4n) is 3.64. The Morgan fingerprint density at radius 3 is 2.43 bits per heavy atom. The summed E-state index contributed by atoms with van der Waals surface area (Å²) in [7, 11) is 0. The highest BCUT2D eigenvalue weighted by Crippen LogP contribution is 2.37. The first-order chi connectivity index (χ1) is 14.5. The van der Waals surface area contributed by atoms with Gasteiger partial charge in [0.05, 0.1) is 11.6 Å². The maximum Gasteiger partial charge on any atom is 0.258 e. The number of benzene rings is 2. The number of thioether (sulfide) groups is 1. The van der Waals surface area contributed by atoms with Crippen LogP contribution in [0.25, 0.3) is 17.0 Å². The van der Waals surface area contributed by atoms with Crippen LogP contribution in [-0.4, -0.2) is 33.0 Å². The van der Waals surface area contributed by atoms with Crippen molar-refractivity contribution in [3.63, 3.8) is 0 Å². The van der Waals surface area contributed by atoms with Gasteiger partial charge >= 0.3 is 0 Å². The second-order valence-corrected chi connectivity index (χ2v) is 8.45. The number of hydrogen-bond acceptors (Lipinski definition) is 5. The van der Waals surface area contributed by atoms with Crippen LogP contribution in [0, 0.1) is 6.92 Å². The summed E-state index contributed by atoms with van der Waals surface area (Å²) in [5.74, 6) is 1.09. The van der Waals surface area contributed by atoms with E-state index in [1.165, 1.54) is 10.5 Å². The number of rotatable bonds is 5. The van der Waals surface area contributed by atoms with Crippen molar-refractivity contribution in [3.05, 3.63) is 71.2 Å². The summed E-state index contributed by atoms with van der Waals surface area (Å²) in [6.45, 7) is 6.96. The number of nitrogens with zero attached hydrogens (tertiary/aromatic N) is 3. The lowest BCUT2D eigenvalue weighted by atomic mass is 9.95. The molecule has 2 aromatic carbocycles. The number of nitrogens with one attached hydrogen (secondary N) is 1. The first-order valence-electron chi connectivity index (χ1n) is 9.85. The van der Waals surface area contributed by atoms with Gasteiger partial charge in [0.25, 0.3) is 5.89 Å². The largest absolute Gasteiger partial charge is 0.351 e. The van der Waals surface area contributed by atoms with Crippen LogP contribution in [0.15, 0.2) is 63.6 Å². The SMILES string of the molecule is CCN1C(=S)NC(c2ccc(SC)cc2)C(c2nc(-c3ccc(C)cc3)no2)=C1C. The number of thiocarbonyl (C=S) groups is 1. The molecule has 0 amide bonds. The molecule has 0 bridgehead atoms. The fourth-order valence-corrected chi connectivity index (χ4v) is 4.43. The van der Waals surface area contributed by atoms with Crippen molar-refractivity contribution in [3.8, 4) is 11.4 Å². The highest BCUT2D eigenvalue weighted by atomic mass is 32.2. The van der Waals surface area contributed by atoms with Crippen molar-refractivity contribution in [1.29, 1.82) is 0 Å². The highest BCUT2D eigenvalue weighted by molar-refractivity contribution is 7.98. The van der Waals surface area contributed by atoms with Gasteiger partial charge in [-0.3, -0.25) is 0 Å². The summed E-state index contributed by atoms with van der Waals surface area (Å²) in [6, 6.07) is 16.5. The normalized spacial score (nSPS) is 16.7. The van der Waals surface area contributed by atoms with Crippen LogP contribution >= 0.6 is 24.0 Å². The molecule has 0 aliphatic carbocycles. The number of hydrogen-bond donors (Lipinski definition) is 1. The Labute approximate surface area is 186 Å². The molecule has 1 N–H and O–H groups in total. The zero-order valence-corrected chi connectivity index (χ0v) is 19.1. The molecule has 5 nitrogen and oxygen atoms in total.